The number of hydrogen-bond acceptors (Lipinski definition) is 7. The van der Waals surface area contributed by atoms with Crippen LogP contribution in [0.15, 0.2) is 42.4 Å². The predicted octanol–water partition coefficient (Wildman–Crippen LogP) is 1.64. The monoisotopic (exact) mass is 421 g/mol. The summed E-state index contributed by atoms with van der Waals surface area (Å²) in [5, 5.41) is 0. The maximum atomic E-state index is 13.3. The van der Waals surface area contributed by atoms with Crippen LogP contribution in [0.25, 0.3) is 5.57 Å². The van der Waals surface area contributed by atoms with Crippen LogP contribution in [-0.2, 0) is 14.3 Å². The molecule has 0 spiro atoms. The van der Waals surface area contributed by atoms with Crippen molar-refractivity contribution in [3.8, 4) is 0 Å². The molecule has 0 radical (unpaired) electrons. The van der Waals surface area contributed by atoms with Gasteiger partial charge in [0.25, 0.3) is 11.8 Å². The number of amides is 2. The van der Waals surface area contributed by atoms with Gasteiger partial charge in [-0.1, -0.05) is 23.8 Å². The number of nitrogens with zero attached hydrogens (tertiary/aromatic N) is 5. The molecule has 1 aromatic heterocycles. The minimum atomic E-state index is -0.252. The maximum Gasteiger partial charge on any atom is 0.277 e. The molecular weight excluding hydrogens is 394 g/mol. The quantitative estimate of drug-likeness (QED) is 0.656. The lowest BCUT2D eigenvalue weighted by Crippen LogP contribution is -2.48. The normalized spacial score (nSPS) is 17.2. The van der Waals surface area contributed by atoms with E-state index in [1.54, 1.807) is 25.6 Å². The summed E-state index contributed by atoms with van der Waals surface area (Å²) in [7, 11) is 1.56. The second-order valence-corrected chi connectivity index (χ2v) is 7.82. The first-order valence-electron chi connectivity index (χ1n) is 10.4. The standard InChI is InChI=1S/C23H27N5O3/c1-16-5-6-18(17(2)15-16)19-20(22(30)28(21(19)29)13-14-31-3)26-9-11-27(12-10-26)23-24-7-4-8-25-23/h4-8,15H,9-14H2,1-3H3. The highest BCUT2D eigenvalue weighted by Crippen LogP contribution is 2.34. The van der Waals surface area contributed by atoms with Crippen molar-refractivity contribution in [1.29, 1.82) is 0 Å². The summed E-state index contributed by atoms with van der Waals surface area (Å²) in [6.45, 7) is 7.11. The summed E-state index contributed by atoms with van der Waals surface area (Å²) >= 11 is 0. The van der Waals surface area contributed by atoms with Gasteiger partial charge in [0.2, 0.25) is 5.95 Å². The third-order valence-electron chi connectivity index (χ3n) is 5.74. The molecule has 2 aromatic rings. The minimum absolute atomic E-state index is 0.240. The van der Waals surface area contributed by atoms with Crippen LogP contribution in [0.1, 0.15) is 16.7 Å². The molecule has 0 atom stereocenters. The van der Waals surface area contributed by atoms with Crippen molar-refractivity contribution >= 4 is 23.3 Å². The lowest BCUT2D eigenvalue weighted by atomic mass is 9.97. The lowest BCUT2D eigenvalue weighted by molar-refractivity contribution is -0.138. The van der Waals surface area contributed by atoms with E-state index < -0.39 is 0 Å². The SMILES string of the molecule is COCCN1C(=O)C(c2ccc(C)cc2C)=C(N2CCN(c3ncccn3)CC2)C1=O. The number of piperazine rings is 1. The summed E-state index contributed by atoms with van der Waals surface area (Å²) in [6, 6.07) is 7.75. The Morgan fingerprint density at radius 3 is 2.29 bits per heavy atom. The third-order valence-corrected chi connectivity index (χ3v) is 5.74. The Kier molecular flexibility index (Phi) is 5.99. The van der Waals surface area contributed by atoms with Gasteiger partial charge in [-0.25, -0.2) is 9.97 Å². The number of ether oxygens (including phenoxy) is 1. The number of benzene rings is 1. The van der Waals surface area contributed by atoms with Crippen molar-refractivity contribution in [2.24, 2.45) is 0 Å². The van der Waals surface area contributed by atoms with Crippen LogP contribution < -0.4 is 4.90 Å². The average Bonchev–Trinajstić information content (AvgIpc) is 3.02. The fourth-order valence-corrected chi connectivity index (χ4v) is 4.16. The van der Waals surface area contributed by atoms with E-state index in [2.05, 4.69) is 14.9 Å². The van der Waals surface area contributed by atoms with E-state index in [0.717, 1.165) is 16.7 Å². The van der Waals surface area contributed by atoms with E-state index in [1.807, 2.05) is 36.9 Å². The van der Waals surface area contributed by atoms with Crippen molar-refractivity contribution in [3.05, 3.63) is 59.0 Å². The van der Waals surface area contributed by atoms with Gasteiger partial charge >= 0.3 is 0 Å². The van der Waals surface area contributed by atoms with Crippen molar-refractivity contribution in [2.45, 2.75) is 13.8 Å². The van der Waals surface area contributed by atoms with Crippen LogP contribution in [0.4, 0.5) is 5.95 Å². The zero-order chi connectivity index (χ0) is 22.0. The number of imide groups is 1. The number of aryl methyl sites for hydroxylation is 2. The molecule has 162 valence electrons. The molecule has 2 aliphatic heterocycles. The van der Waals surface area contributed by atoms with Crippen LogP contribution in [0, 0.1) is 13.8 Å². The molecule has 1 saturated heterocycles. The Balaban J connectivity index is 1.66. The van der Waals surface area contributed by atoms with Crippen molar-refractivity contribution < 1.29 is 14.3 Å². The Bertz CT molecular complexity index is 1010. The van der Waals surface area contributed by atoms with Crippen molar-refractivity contribution in [1.82, 2.24) is 19.8 Å². The molecule has 31 heavy (non-hydrogen) atoms. The van der Waals surface area contributed by atoms with Gasteiger partial charge in [-0.05, 0) is 31.0 Å². The zero-order valence-electron chi connectivity index (χ0n) is 18.2. The smallest absolute Gasteiger partial charge is 0.277 e. The van der Waals surface area contributed by atoms with Crippen molar-refractivity contribution in [3.63, 3.8) is 0 Å². The van der Waals surface area contributed by atoms with E-state index in [0.29, 0.717) is 50.0 Å². The van der Waals surface area contributed by atoms with Crippen LogP contribution in [0.2, 0.25) is 0 Å². The first-order valence-corrected chi connectivity index (χ1v) is 10.4. The molecule has 2 aliphatic rings. The predicted molar refractivity (Wildman–Crippen MR) is 117 cm³/mol. The topological polar surface area (TPSA) is 78.9 Å². The van der Waals surface area contributed by atoms with Gasteiger partial charge in [0.1, 0.15) is 5.70 Å². The lowest BCUT2D eigenvalue weighted by Gasteiger charge is -2.36. The number of hydrogen-bond donors (Lipinski definition) is 0. The Morgan fingerprint density at radius 1 is 0.968 bits per heavy atom. The summed E-state index contributed by atoms with van der Waals surface area (Å²) in [4.78, 5) is 40.8. The first-order chi connectivity index (χ1) is 15.0. The number of anilines is 1. The molecule has 1 aromatic carbocycles. The number of carbonyl (C=O) groups excluding carboxylic acids is 2. The fourth-order valence-electron chi connectivity index (χ4n) is 4.16. The molecule has 8 nitrogen and oxygen atoms in total. The molecule has 0 unspecified atom stereocenters. The summed E-state index contributed by atoms with van der Waals surface area (Å²) < 4.78 is 5.13. The van der Waals surface area contributed by atoms with Gasteiger partial charge in [0.15, 0.2) is 0 Å². The highest BCUT2D eigenvalue weighted by atomic mass is 16.5. The molecule has 0 saturated carbocycles. The molecular formula is C23H27N5O3. The second-order valence-electron chi connectivity index (χ2n) is 7.82. The molecule has 2 amide bonds. The van der Waals surface area contributed by atoms with Gasteiger partial charge in [-0.2, -0.15) is 0 Å². The van der Waals surface area contributed by atoms with E-state index in [-0.39, 0.29) is 18.4 Å². The van der Waals surface area contributed by atoms with E-state index in [1.165, 1.54) is 4.90 Å². The van der Waals surface area contributed by atoms with E-state index in [9.17, 15) is 9.59 Å². The summed E-state index contributed by atoms with van der Waals surface area (Å²) in [6.07, 6.45) is 3.45. The molecule has 4 rings (SSSR count). The van der Waals surface area contributed by atoms with Gasteiger partial charge in [-0.15, -0.1) is 0 Å². The molecule has 3 heterocycles. The average molecular weight is 422 g/mol. The molecule has 8 heteroatoms. The van der Waals surface area contributed by atoms with Crippen molar-refractivity contribution in [2.75, 3.05) is 51.3 Å². The van der Waals surface area contributed by atoms with Crippen LogP contribution >= 0.6 is 0 Å². The number of carbonyl (C=O) groups is 2. The van der Waals surface area contributed by atoms with Gasteiger partial charge in [0, 0.05) is 45.7 Å². The van der Waals surface area contributed by atoms with E-state index in [4.69, 9.17) is 4.74 Å². The highest BCUT2D eigenvalue weighted by molar-refractivity contribution is 6.35. The molecule has 1 fully saturated rings. The highest BCUT2D eigenvalue weighted by Gasteiger charge is 2.42. The minimum Gasteiger partial charge on any atom is -0.383 e. The Morgan fingerprint density at radius 2 is 1.65 bits per heavy atom. The Hall–Kier alpha value is -3.26. The summed E-state index contributed by atoms with van der Waals surface area (Å²) in [5.74, 6) is 0.181. The molecule has 0 aliphatic carbocycles. The number of rotatable bonds is 6. The number of methoxy groups -OCH3 is 1. The van der Waals surface area contributed by atoms with Crippen LogP contribution in [-0.4, -0.2) is 78.0 Å². The maximum absolute atomic E-state index is 13.3. The molecule has 0 bridgehead atoms. The van der Waals surface area contributed by atoms with Crippen LogP contribution in [0.3, 0.4) is 0 Å². The summed E-state index contributed by atoms with van der Waals surface area (Å²) in [5.41, 5.74) is 3.89. The van der Waals surface area contributed by atoms with Gasteiger partial charge in [0.05, 0.1) is 18.7 Å². The first kappa shape index (κ1) is 21.0. The van der Waals surface area contributed by atoms with E-state index >= 15 is 0 Å². The van der Waals surface area contributed by atoms with Gasteiger partial charge < -0.3 is 14.5 Å². The fraction of sp³-hybridized carbons (Fsp3) is 0.391. The number of aromatic nitrogens is 2. The third kappa shape index (κ3) is 4.03. The van der Waals surface area contributed by atoms with Gasteiger partial charge in [-0.3, -0.25) is 14.5 Å². The zero-order valence-corrected chi connectivity index (χ0v) is 18.2. The largest absolute Gasteiger partial charge is 0.383 e. The van der Waals surface area contributed by atoms with Crippen LogP contribution in [0.5, 0.6) is 0 Å². The molecule has 0 N–H and O–H groups in total. The Labute approximate surface area is 182 Å². The second kappa shape index (κ2) is 8.85.